The molecular weight excluding hydrogens is 300 g/mol. The highest BCUT2D eigenvalue weighted by Crippen LogP contribution is 2.23. The van der Waals surface area contributed by atoms with E-state index in [9.17, 15) is 17.2 Å². The molecule has 1 aromatic rings. The molecule has 21 heavy (non-hydrogen) atoms. The lowest BCUT2D eigenvalue weighted by Crippen LogP contribution is -2.18. The number of sulfone groups is 1. The first kappa shape index (κ1) is 17.8. The van der Waals surface area contributed by atoms with Crippen molar-refractivity contribution in [2.24, 2.45) is 0 Å². The lowest BCUT2D eigenvalue weighted by Gasteiger charge is -2.17. The largest absolute Gasteiger partial charge is 0.435 e. The van der Waals surface area contributed by atoms with Gasteiger partial charge in [0, 0.05) is 11.8 Å². The standard InChI is InChI=1S/C14H21F2NO3S/c1-3-21(18,19)9-5-8-13(17-2)11-6-4-7-12(10-11)20-14(15)16/h4,6-7,10,13-14,17H,3,5,8-9H2,1-2H3. The molecule has 7 heteroatoms. The van der Waals surface area contributed by atoms with Crippen LogP contribution in [0.25, 0.3) is 0 Å². The Balaban J connectivity index is 2.67. The van der Waals surface area contributed by atoms with E-state index in [0.29, 0.717) is 12.8 Å². The maximum Gasteiger partial charge on any atom is 0.387 e. The normalized spacial score (nSPS) is 13.4. The van der Waals surface area contributed by atoms with Gasteiger partial charge in [-0.05, 0) is 37.6 Å². The lowest BCUT2D eigenvalue weighted by molar-refractivity contribution is -0.0499. The first-order chi connectivity index (χ1) is 9.88. The third kappa shape index (κ3) is 6.39. The van der Waals surface area contributed by atoms with Crippen molar-refractivity contribution >= 4 is 9.84 Å². The van der Waals surface area contributed by atoms with Crippen LogP contribution >= 0.6 is 0 Å². The molecule has 0 bridgehead atoms. The Bertz CT molecular complexity index is 535. The van der Waals surface area contributed by atoms with Gasteiger partial charge in [0.15, 0.2) is 0 Å². The van der Waals surface area contributed by atoms with Gasteiger partial charge in [0.1, 0.15) is 15.6 Å². The van der Waals surface area contributed by atoms with E-state index in [1.54, 1.807) is 32.2 Å². The summed E-state index contributed by atoms with van der Waals surface area (Å²) in [7, 11) is -1.23. The van der Waals surface area contributed by atoms with Crippen molar-refractivity contribution in [2.75, 3.05) is 18.6 Å². The zero-order valence-electron chi connectivity index (χ0n) is 12.2. The molecule has 0 radical (unpaired) electrons. The van der Waals surface area contributed by atoms with E-state index < -0.39 is 16.4 Å². The molecule has 1 unspecified atom stereocenters. The summed E-state index contributed by atoms with van der Waals surface area (Å²) in [4.78, 5) is 0. The Morgan fingerprint density at radius 3 is 2.62 bits per heavy atom. The zero-order chi connectivity index (χ0) is 15.9. The van der Waals surface area contributed by atoms with Crippen LogP contribution in [0.2, 0.25) is 0 Å². The maximum absolute atomic E-state index is 12.2. The van der Waals surface area contributed by atoms with Crippen LogP contribution in [0.3, 0.4) is 0 Å². The minimum atomic E-state index is -2.98. The lowest BCUT2D eigenvalue weighted by atomic mass is 10.0. The fourth-order valence-corrected chi connectivity index (χ4v) is 2.93. The summed E-state index contributed by atoms with van der Waals surface area (Å²) >= 11 is 0. The van der Waals surface area contributed by atoms with Gasteiger partial charge in [-0.3, -0.25) is 0 Å². The number of alkyl halides is 2. The monoisotopic (exact) mass is 321 g/mol. The van der Waals surface area contributed by atoms with Crippen LogP contribution in [0.15, 0.2) is 24.3 Å². The Morgan fingerprint density at radius 1 is 1.33 bits per heavy atom. The first-order valence-electron chi connectivity index (χ1n) is 6.80. The summed E-state index contributed by atoms with van der Waals surface area (Å²) in [5.74, 6) is 0.369. The topological polar surface area (TPSA) is 55.4 Å². The molecule has 0 heterocycles. The third-order valence-corrected chi connectivity index (χ3v) is 5.01. The minimum Gasteiger partial charge on any atom is -0.435 e. The number of hydrogen-bond donors (Lipinski definition) is 1. The molecule has 1 aromatic carbocycles. The van der Waals surface area contributed by atoms with E-state index >= 15 is 0 Å². The summed E-state index contributed by atoms with van der Waals surface area (Å²) in [6, 6.07) is 6.35. The molecule has 1 N–H and O–H groups in total. The Morgan fingerprint density at radius 2 is 2.05 bits per heavy atom. The van der Waals surface area contributed by atoms with Crippen LogP contribution in [-0.4, -0.2) is 33.6 Å². The summed E-state index contributed by atoms with van der Waals surface area (Å²) in [5.41, 5.74) is 0.796. The number of nitrogens with one attached hydrogen (secondary N) is 1. The van der Waals surface area contributed by atoms with Crippen LogP contribution < -0.4 is 10.1 Å². The van der Waals surface area contributed by atoms with Crippen molar-refractivity contribution in [3.8, 4) is 5.75 Å². The van der Waals surface area contributed by atoms with E-state index in [4.69, 9.17) is 0 Å². The number of ether oxygens (including phenoxy) is 1. The number of halogens is 2. The fraction of sp³-hybridized carbons (Fsp3) is 0.571. The maximum atomic E-state index is 12.2. The van der Waals surface area contributed by atoms with E-state index in [-0.39, 0.29) is 23.3 Å². The van der Waals surface area contributed by atoms with Crippen molar-refractivity contribution in [3.05, 3.63) is 29.8 Å². The molecule has 0 aliphatic rings. The molecule has 0 aliphatic heterocycles. The molecule has 0 saturated carbocycles. The number of rotatable bonds is 9. The van der Waals surface area contributed by atoms with Gasteiger partial charge in [-0.15, -0.1) is 0 Å². The second-order valence-electron chi connectivity index (χ2n) is 4.67. The molecule has 0 spiro atoms. The molecule has 0 amide bonds. The van der Waals surface area contributed by atoms with Gasteiger partial charge >= 0.3 is 6.61 Å². The van der Waals surface area contributed by atoms with E-state index in [0.717, 1.165) is 5.56 Å². The molecule has 0 saturated heterocycles. The van der Waals surface area contributed by atoms with Gasteiger partial charge in [-0.25, -0.2) is 8.42 Å². The highest BCUT2D eigenvalue weighted by atomic mass is 32.2. The Kier molecular flexibility index (Phi) is 7.04. The van der Waals surface area contributed by atoms with Gasteiger partial charge in [-0.1, -0.05) is 19.1 Å². The average Bonchev–Trinajstić information content (AvgIpc) is 2.43. The highest BCUT2D eigenvalue weighted by Gasteiger charge is 2.14. The zero-order valence-corrected chi connectivity index (χ0v) is 13.0. The van der Waals surface area contributed by atoms with Crippen molar-refractivity contribution < 1.29 is 21.9 Å². The average molecular weight is 321 g/mol. The van der Waals surface area contributed by atoms with Crippen LogP contribution in [0.4, 0.5) is 8.78 Å². The van der Waals surface area contributed by atoms with Gasteiger partial charge in [0.25, 0.3) is 0 Å². The van der Waals surface area contributed by atoms with Crippen LogP contribution in [0.1, 0.15) is 31.4 Å². The quantitative estimate of drug-likeness (QED) is 0.760. The summed E-state index contributed by atoms with van der Waals surface area (Å²) in [5, 5.41) is 3.07. The molecule has 4 nitrogen and oxygen atoms in total. The summed E-state index contributed by atoms with van der Waals surface area (Å²) < 4.78 is 51.7. The third-order valence-electron chi connectivity index (χ3n) is 3.22. The van der Waals surface area contributed by atoms with Crippen molar-refractivity contribution in [3.63, 3.8) is 0 Å². The number of benzene rings is 1. The van der Waals surface area contributed by atoms with E-state index in [1.807, 2.05) is 0 Å². The van der Waals surface area contributed by atoms with Crippen LogP contribution in [-0.2, 0) is 9.84 Å². The van der Waals surface area contributed by atoms with Crippen molar-refractivity contribution in [2.45, 2.75) is 32.4 Å². The van der Waals surface area contributed by atoms with Gasteiger partial charge < -0.3 is 10.1 Å². The second kappa shape index (κ2) is 8.29. The van der Waals surface area contributed by atoms with Crippen LogP contribution in [0.5, 0.6) is 5.75 Å². The van der Waals surface area contributed by atoms with Crippen molar-refractivity contribution in [1.29, 1.82) is 0 Å². The molecule has 1 rings (SSSR count). The smallest absolute Gasteiger partial charge is 0.387 e. The first-order valence-corrected chi connectivity index (χ1v) is 8.62. The molecule has 0 aliphatic carbocycles. The minimum absolute atomic E-state index is 0.0988. The molecule has 1 atom stereocenters. The highest BCUT2D eigenvalue weighted by molar-refractivity contribution is 7.91. The molecule has 120 valence electrons. The second-order valence-corrected chi connectivity index (χ2v) is 7.14. The van der Waals surface area contributed by atoms with E-state index in [2.05, 4.69) is 10.1 Å². The SMILES string of the molecule is CCS(=O)(=O)CCCC(NC)c1cccc(OC(F)F)c1. The van der Waals surface area contributed by atoms with E-state index in [1.165, 1.54) is 6.07 Å². The van der Waals surface area contributed by atoms with Crippen LogP contribution in [0, 0.1) is 0 Å². The van der Waals surface area contributed by atoms with Gasteiger partial charge in [-0.2, -0.15) is 8.78 Å². The number of hydrogen-bond acceptors (Lipinski definition) is 4. The summed E-state index contributed by atoms with van der Waals surface area (Å²) in [6.07, 6.45) is 1.12. The molecule has 0 aromatic heterocycles. The molecule has 0 fully saturated rings. The van der Waals surface area contributed by atoms with Crippen molar-refractivity contribution in [1.82, 2.24) is 5.32 Å². The van der Waals surface area contributed by atoms with Gasteiger partial charge in [0.05, 0.1) is 5.75 Å². The molecular formula is C14H21F2NO3S. The predicted octanol–water partition coefficient (Wildman–Crippen LogP) is 2.76. The Labute approximate surface area is 124 Å². The Hall–Kier alpha value is -1.21. The van der Waals surface area contributed by atoms with Gasteiger partial charge in [0.2, 0.25) is 0 Å². The summed E-state index contributed by atoms with van der Waals surface area (Å²) in [6.45, 7) is -1.24. The predicted molar refractivity (Wildman–Crippen MR) is 78.4 cm³/mol. The fourth-order valence-electron chi connectivity index (χ4n) is 2.04.